The fourth-order valence-corrected chi connectivity index (χ4v) is 3.00. The summed E-state index contributed by atoms with van der Waals surface area (Å²) in [5.41, 5.74) is 0.0543. The fourth-order valence-electron chi connectivity index (χ4n) is 2.82. The molecule has 1 N–H and O–H groups in total. The Morgan fingerprint density at radius 2 is 2.25 bits per heavy atom. The van der Waals surface area contributed by atoms with Crippen LogP contribution in [0.15, 0.2) is 18.5 Å². The van der Waals surface area contributed by atoms with Gasteiger partial charge in [0, 0.05) is 18.9 Å². The molecule has 1 atom stereocenters. The maximum atomic E-state index is 12.3. The van der Waals surface area contributed by atoms with Crippen LogP contribution in [0.3, 0.4) is 0 Å². The molecule has 2 heterocycles. The summed E-state index contributed by atoms with van der Waals surface area (Å²) in [6.07, 6.45) is 5.17. The van der Waals surface area contributed by atoms with Crippen molar-refractivity contribution in [1.82, 2.24) is 15.2 Å². The van der Waals surface area contributed by atoms with Gasteiger partial charge in [-0.05, 0) is 37.3 Å². The Bertz CT molecular complexity index is 573. The van der Waals surface area contributed by atoms with Gasteiger partial charge < -0.3 is 10.2 Å². The van der Waals surface area contributed by atoms with Crippen molar-refractivity contribution in [2.45, 2.75) is 31.8 Å². The standard InChI is InChI=1S/C14H16ClN3O2/c1-14(10-2-3-10)13(20)17-7-12(19)18(14)8-9-4-5-16-6-11(9)15/h4-6,10H,2-3,7-8H2,1H3,(H,17,20). The Hall–Kier alpha value is -1.62. The van der Waals surface area contributed by atoms with Crippen LogP contribution in [-0.2, 0) is 16.1 Å². The number of nitrogens with one attached hydrogen (secondary N) is 1. The van der Waals surface area contributed by atoms with Crippen LogP contribution in [0.4, 0.5) is 0 Å². The van der Waals surface area contributed by atoms with Crippen LogP contribution in [0.1, 0.15) is 25.3 Å². The minimum absolute atomic E-state index is 0.0594. The van der Waals surface area contributed by atoms with E-state index in [1.807, 2.05) is 6.92 Å². The summed E-state index contributed by atoms with van der Waals surface area (Å²) in [7, 11) is 0. The van der Waals surface area contributed by atoms with Crippen molar-refractivity contribution in [2.24, 2.45) is 5.92 Å². The van der Waals surface area contributed by atoms with E-state index in [-0.39, 0.29) is 24.3 Å². The van der Waals surface area contributed by atoms with Gasteiger partial charge in [-0.1, -0.05) is 11.6 Å². The number of carbonyl (C=O) groups excluding carboxylic acids is 2. The molecule has 1 unspecified atom stereocenters. The minimum Gasteiger partial charge on any atom is -0.345 e. The van der Waals surface area contributed by atoms with E-state index in [1.165, 1.54) is 0 Å². The molecule has 5 nitrogen and oxygen atoms in total. The van der Waals surface area contributed by atoms with Crippen LogP contribution >= 0.6 is 11.6 Å². The number of halogens is 1. The number of carbonyl (C=O) groups is 2. The lowest BCUT2D eigenvalue weighted by Crippen LogP contribution is -2.66. The predicted octanol–water partition coefficient (Wildman–Crippen LogP) is 1.36. The van der Waals surface area contributed by atoms with E-state index < -0.39 is 5.54 Å². The Morgan fingerprint density at radius 3 is 2.90 bits per heavy atom. The first-order valence-corrected chi connectivity index (χ1v) is 7.08. The molecule has 0 radical (unpaired) electrons. The van der Waals surface area contributed by atoms with E-state index in [0.717, 1.165) is 18.4 Å². The molecule has 20 heavy (non-hydrogen) atoms. The molecule has 0 aromatic carbocycles. The van der Waals surface area contributed by atoms with E-state index in [1.54, 1.807) is 23.4 Å². The summed E-state index contributed by atoms with van der Waals surface area (Å²) in [6, 6.07) is 1.79. The molecule has 1 aromatic rings. The normalized spacial score (nSPS) is 26.6. The molecule has 2 aliphatic rings. The number of hydrogen-bond donors (Lipinski definition) is 1. The number of hydrogen-bond acceptors (Lipinski definition) is 3. The fraction of sp³-hybridized carbons (Fsp3) is 0.500. The van der Waals surface area contributed by atoms with Crippen molar-refractivity contribution >= 4 is 23.4 Å². The van der Waals surface area contributed by atoms with Crippen LogP contribution in [0.25, 0.3) is 0 Å². The third kappa shape index (κ3) is 2.06. The van der Waals surface area contributed by atoms with Crippen molar-refractivity contribution in [2.75, 3.05) is 6.54 Å². The van der Waals surface area contributed by atoms with Crippen LogP contribution in [0, 0.1) is 5.92 Å². The molecular weight excluding hydrogens is 278 g/mol. The van der Waals surface area contributed by atoms with Crippen LogP contribution in [-0.4, -0.2) is 33.8 Å². The van der Waals surface area contributed by atoms with Crippen molar-refractivity contribution in [3.63, 3.8) is 0 Å². The quantitative estimate of drug-likeness (QED) is 0.915. The van der Waals surface area contributed by atoms with Gasteiger partial charge in [0.25, 0.3) is 0 Å². The van der Waals surface area contributed by atoms with E-state index >= 15 is 0 Å². The van der Waals surface area contributed by atoms with Gasteiger partial charge in [-0.3, -0.25) is 14.6 Å². The smallest absolute Gasteiger partial charge is 0.246 e. The lowest BCUT2D eigenvalue weighted by atomic mass is 9.89. The highest BCUT2D eigenvalue weighted by molar-refractivity contribution is 6.31. The molecule has 2 amide bonds. The zero-order valence-electron chi connectivity index (χ0n) is 11.2. The largest absolute Gasteiger partial charge is 0.345 e. The number of piperazine rings is 1. The molecule has 1 aliphatic heterocycles. The van der Waals surface area contributed by atoms with E-state index in [4.69, 9.17) is 11.6 Å². The second kappa shape index (κ2) is 4.74. The van der Waals surface area contributed by atoms with Crippen molar-refractivity contribution in [1.29, 1.82) is 0 Å². The van der Waals surface area contributed by atoms with E-state index in [9.17, 15) is 9.59 Å². The molecule has 1 aliphatic carbocycles. The molecule has 1 aromatic heterocycles. The van der Waals surface area contributed by atoms with Crippen molar-refractivity contribution in [3.8, 4) is 0 Å². The second-order valence-electron chi connectivity index (χ2n) is 5.55. The Balaban J connectivity index is 1.93. The predicted molar refractivity (Wildman–Crippen MR) is 73.9 cm³/mol. The molecular formula is C14H16ClN3O2. The summed E-state index contributed by atoms with van der Waals surface area (Å²) < 4.78 is 0. The maximum Gasteiger partial charge on any atom is 0.246 e. The van der Waals surface area contributed by atoms with Crippen LogP contribution in [0.2, 0.25) is 5.02 Å². The SMILES string of the molecule is CC1(C2CC2)C(=O)NCC(=O)N1Cc1ccncc1Cl. The molecule has 3 rings (SSSR count). The number of pyridine rings is 1. The molecule has 0 bridgehead atoms. The Morgan fingerprint density at radius 1 is 1.50 bits per heavy atom. The van der Waals surface area contributed by atoms with Gasteiger partial charge in [-0.2, -0.15) is 0 Å². The topological polar surface area (TPSA) is 62.3 Å². The molecule has 1 saturated heterocycles. The van der Waals surface area contributed by atoms with Gasteiger partial charge in [-0.25, -0.2) is 0 Å². The number of amides is 2. The highest BCUT2D eigenvalue weighted by Gasteiger charge is 2.54. The summed E-state index contributed by atoms with van der Waals surface area (Å²) in [4.78, 5) is 30.1. The molecule has 6 heteroatoms. The number of aromatic nitrogens is 1. The van der Waals surface area contributed by atoms with Crippen LogP contribution < -0.4 is 5.32 Å². The number of nitrogens with zero attached hydrogens (tertiary/aromatic N) is 2. The maximum absolute atomic E-state index is 12.3. The van der Waals surface area contributed by atoms with Crippen molar-refractivity contribution < 1.29 is 9.59 Å². The third-order valence-corrected chi connectivity index (χ3v) is 4.62. The summed E-state index contributed by atoms with van der Waals surface area (Å²) >= 11 is 6.11. The van der Waals surface area contributed by atoms with Gasteiger partial charge in [0.2, 0.25) is 11.8 Å². The monoisotopic (exact) mass is 293 g/mol. The van der Waals surface area contributed by atoms with Gasteiger partial charge in [0.15, 0.2) is 0 Å². The summed E-state index contributed by atoms with van der Waals surface area (Å²) in [6.45, 7) is 2.26. The third-order valence-electron chi connectivity index (χ3n) is 4.28. The first kappa shape index (κ1) is 13.4. The molecule has 1 saturated carbocycles. The summed E-state index contributed by atoms with van der Waals surface area (Å²) in [5.74, 6) is 0.115. The molecule has 106 valence electrons. The van der Waals surface area contributed by atoms with Gasteiger partial charge in [-0.15, -0.1) is 0 Å². The van der Waals surface area contributed by atoms with E-state index in [2.05, 4.69) is 10.3 Å². The molecule has 2 fully saturated rings. The zero-order chi connectivity index (χ0) is 14.3. The highest BCUT2D eigenvalue weighted by Crippen LogP contribution is 2.44. The van der Waals surface area contributed by atoms with Crippen molar-refractivity contribution in [3.05, 3.63) is 29.0 Å². The van der Waals surface area contributed by atoms with Crippen LogP contribution in [0.5, 0.6) is 0 Å². The Kier molecular flexibility index (Phi) is 3.17. The number of rotatable bonds is 3. The van der Waals surface area contributed by atoms with Gasteiger partial charge >= 0.3 is 0 Å². The second-order valence-corrected chi connectivity index (χ2v) is 5.96. The first-order chi connectivity index (χ1) is 9.53. The first-order valence-electron chi connectivity index (χ1n) is 6.70. The minimum atomic E-state index is -0.762. The van der Waals surface area contributed by atoms with Gasteiger partial charge in [0.05, 0.1) is 11.6 Å². The van der Waals surface area contributed by atoms with E-state index in [0.29, 0.717) is 11.6 Å². The highest BCUT2D eigenvalue weighted by atomic mass is 35.5. The average molecular weight is 294 g/mol. The average Bonchev–Trinajstić information content (AvgIpc) is 3.26. The lowest BCUT2D eigenvalue weighted by Gasteiger charge is -2.44. The zero-order valence-corrected chi connectivity index (χ0v) is 12.0. The summed E-state index contributed by atoms with van der Waals surface area (Å²) in [5, 5.41) is 3.22. The lowest BCUT2D eigenvalue weighted by molar-refractivity contribution is -0.155. The Labute approximate surface area is 122 Å². The molecule has 0 spiro atoms. The van der Waals surface area contributed by atoms with Gasteiger partial charge in [0.1, 0.15) is 5.54 Å².